The maximum Gasteiger partial charge on any atom is 0.420 e. The highest BCUT2D eigenvalue weighted by Gasteiger charge is 2.35. The molecule has 0 bridgehead atoms. The molecular weight excluding hydrogens is 537 g/mol. The molecule has 31 heavy (non-hydrogen) atoms. The fourth-order valence-electron chi connectivity index (χ4n) is 3.19. The van der Waals surface area contributed by atoms with Gasteiger partial charge in [0.15, 0.2) is 0 Å². The normalized spacial score (nSPS) is 11.9. The fourth-order valence-corrected chi connectivity index (χ4v) is 3.45. The average molecular weight is 564 g/mol. The molecule has 0 fully saturated rings. The molecule has 2 aromatic carbocycles. The van der Waals surface area contributed by atoms with Gasteiger partial charge in [-0.05, 0) is 85.7 Å². The summed E-state index contributed by atoms with van der Waals surface area (Å²) in [5, 5.41) is 0. The van der Waals surface area contributed by atoms with Crippen LogP contribution >= 0.6 is 31.9 Å². The third kappa shape index (κ3) is 8.19. The van der Waals surface area contributed by atoms with Crippen LogP contribution < -0.4 is 9.47 Å². The van der Waals surface area contributed by atoms with Gasteiger partial charge in [-0.1, -0.05) is 52.2 Å². The predicted octanol–water partition coefficient (Wildman–Crippen LogP) is 9.37. The zero-order chi connectivity index (χ0) is 23.1. The van der Waals surface area contributed by atoms with Crippen LogP contribution in [0.4, 0.5) is 13.2 Å². The van der Waals surface area contributed by atoms with Crippen LogP contribution in [-0.4, -0.2) is 6.61 Å². The molecule has 7 heteroatoms. The van der Waals surface area contributed by atoms with Crippen LogP contribution in [-0.2, 0) is 11.6 Å². The van der Waals surface area contributed by atoms with E-state index in [2.05, 4.69) is 52.6 Å². The minimum atomic E-state index is -4.56. The summed E-state index contributed by atoms with van der Waals surface area (Å²) in [6, 6.07) is 11.3. The molecule has 0 unspecified atom stereocenters. The second-order valence-electron chi connectivity index (χ2n) is 7.93. The highest BCUT2D eigenvalue weighted by molar-refractivity contribution is 9.28. The molecule has 0 aliphatic carbocycles. The Balaban J connectivity index is 2.16. The Morgan fingerprint density at radius 1 is 0.968 bits per heavy atom. The monoisotopic (exact) mass is 562 g/mol. The standard InChI is InChI=1S/C24H27Br2F3O2/c1-4-5-6-14-23(2,3)17-7-9-18(10-8-17)31-19-11-12-21(30-15-13-22(25)26)20(16-19)24(27,28)29/h7-13,16H,4-6,14-15H2,1-3H3. The zero-order valence-corrected chi connectivity index (χ0v) is 21.0. The molecule has 2 rings (SSSR count). The van der Waals surface area contributed by atoms with Crippen LogP contribution in [0.25, 0.3) is 0 Å². The van der Waals surface area contributed by atoms with E-state index in [1.54, 1.807) is 18.2 Å². The Labute approximate surface area is 199 Å². The number of unbranched alkanes of at least 4 members (excludes halogenated alkanes) is 2. The largest absolute Gasteiger partial charge is 0.489 e. The van der Waals surface area contributed by atoms with Crippen molar-refractivity contribution in [2.45, 2.75) is 58.0 Å². The van der Waals surface area contributed by atoms with Crippen LogP contribution in [0.1, 0.15) is 57.6 Å². The molecule has 0 saturated carbocycles. The third-order valence-electron chi connectivity index (χ3n) is 5.01. The molecule has 2 aromatic rings. The number of hydrogen-bond acceptors (Lipinski definition) is 2. The smallest absolute Gasteiger partial charge is 0.420 e. The molecule has 170 valence electrons. The second-order valence-corrected chi connectivity index (χ2v) is 10.7. The molecule has 0 aromatic heterocycles. The molecule has 0 N–H and O–H groups in total. The first kappa shape index (κ1) is 25.8. The van der Waals surface area contributed by atoms with E-state index in [0.29, 0.717) is 9.14 Å². The van der Waals surface area contributed by atoms with Crippen LogP contribution in [0.15, 0.2) is 51.9 Å². The number of benzene rings is 2. The number of hydrogen-bond donors (Lipinski definition) is 0. The average Bonchev–Trinajstić information content (AvgIpc) is 2.68. The van der Waals surface area contributed by atoms with Crippen molar-refractivity contribution >= 4 is 31.9 Å². The maximum atomic E-state index is 13.5. The Hall–Kier alpha value is -1.47. The van der Waals surface area contributed by atoms with Crippen molar-refractivity contribution in [1.29, 1.82) is 0 Å². The molecule has 0 atom stereocenters. The quantitative estimate of drug-likeness (QED) is 0.268. The lowest BCUT2D eigenvalue weighted by atomic mass is 9.80. The van der Waals surface area contributed by atoms with E-state index in [-0.39, 0.29) is 23.5 Å². The summed E-state index contributed by atoms with van der Waals surface area (Å²) in [6.45, 7) is 6.58. The minimum Gasteiger partial charge on any atom is -0.489 e. The van der Waals surface area contributed by atoms with E-state index in [0.717, 1.165) is 12.5 Å². The summed E-state index contributed by atoms with van der Waals surface area (Å²) < 4.78 is 52.0. The number of alkyl halides is 3. The highest BCUT2D eigenvalue weighted by atomic mass is 79.9. The summed E-state index contributed by atoms with van der Waals surface area (Å²) >= 11 is 6.29. The van der Waals surface area contributed by atoms with E-state index in [4.69, 9.17) is 9.47 Å². The van der Waals surface area contributed by atoms with Crippen LogP contribution in [0, 0.1) is 0 Å². The van der Waals surface area contributed by atoms with E-state index < -0.39 is 11.7 Å². The van der Waals surface area contributed by atoms with E-state index >= 15 is 0 Å². The first-order valence-electron chi connectivity index (χ1n) is 10.2. The van der Waals surface area contributed by atoms with Crippen molar-refractivity contribution in [3.05, 3.63) is 63.1 Å². The van der Waals surface area contributed by atoms with Gasteiger partial charge in [0.25, 0.3) is 0 Å². The van der Waals surface area contributed by atoms with E-state index in [9.17, 15) is 13.2 Å². The van der Waals surface area contributed by atoms with Gasteiger partial charge in [-0.3, -0.25) is 0 Å². The molecule has 0 spiro atoms. The molecular formula is C24H27Br2F3O2. The van der Waals surface area contributed by atoms with Gasteiger partial charge in [-0.15, -0.1) is 0 Å². The van der Waals surface area contributed by atoms with Crippen molar-refractivity contribution in [3.63, 3.8) is 0 Å². The highest BCUT2D eigenvalue weighted by Crippen LogP contribution is 2.39. The lowest BCUT2D eigenvalue weighted by Gasteiger charge is -2.25. The van der Waals surface area contributed by atoms with Gasteiger partial charge in [-0.25, -0.2) is 0 Å². The molecule has 0 heterocycles. The van der Waals surface area contributed by atoms with Gasteiger partial charge >= 0.3 is 6.18 Å². The topological polar surface area (TPSA) is 18.5 Å². The first-order valence-corrected chi connectivity index (χ1v) is 11.7. The van der Waals surface area contributed by atoms with Crippen molar-refractivity contribution in [2.75, 3.05) is 6.61 Å². The van der Waals surface area contributed by atoms with E-state index in [1.165, 1.54) is 37.0 Å². The summed E-state index contributed by atoms with van der Waals surface area (Å²) in [7, 11) is 0. The van der Waals surface area contributed by atoms with E-state index in [1.807, 2.05) is 12.1 Å². The van der Waals surface area contributed by atoms with Gasteiger partial charge in [0.2, 0.25) is 0 Å². The Morgan fingerprint density at radius 3 is 2.19 bits per heavy atom. The molecule has 2 nitrogen and oxygen atoms in total. The maximum absolute atomic E-state index is 13.5. The van der Waals surface area contributed by atoms with Crippen molar-refractivity contribution in [1.82, 2.24) is 0 Å². The van der Waals surface area contributed by atoms with Gasteiger partial charge in [0.1, 0.15) is 29.4 Å². The molecule has 0 amide bonds. The fraction of sp³-hybridized carbons (Fsp3) is 0.417. The predicted molar refractivity (Wildman–Crippen MR) is 127 cm³/mol. The van der Waals surface area contributed by atoms with Gasteiger partial charge in [0.05, 0.1) is 3.39 Å². The zero-order valence-electron chi connectivity index (χ0n) is 17.9. The van der Waals surface area contributed by atoms with Crippen molar-refractivity contribution in [2.24, 2.45) is 0 Å². The van der Waals surface area contributed by atoms with Crippen LogP contribution in [0.2, 0.25) is 0 Å². The number of rotatable bonds is 10. The van der Waals surface area contributed by atoms with Gasteiger partial charge < -0.3 is 9.47 Å². The third-order valence-corrected chi connectivity index (χ3v) is 5.66. The SMILES string of the molecule is CCCCCC(C)(C)c1ccc(Oc2ccc(OCC=C(Br)Br)c(C(F)(F)F)c2)cc1. The molecule has 0 aliphatic heterocycles. The Morgan fingerprint density at radius 2 is 1.61 bits per heavy atom. The summed E-state index contributed by atoms with van der Waals surface area (Å²) in [6.07, 6.45) is 1.64. The second kappa shape index (κ2) is 11.4. The number of halogens is 5. The Kier molecular flexibility index (Phi) is 9.49. The minimum absolute atomic E-state index is 0.00930. The number of ether oxygens (including phenoxy) is 2. The lowest BCUT2D eigenvalue weighted by Crippen LogP contribution is -2.16. The van der Waals surface area contributed by atoms with Gasteiger partial charge in [-0.2, -0.15) is 13.2 Å². The first-order chi connectivity index (χ1) is 14.5. The lowest BCUT2D eigenvalue weighted by molar-refractivity contribution is -0.139. The summed E-state index contributed by atoms with van der Waals surface area (Å²) in [4.78, 5) is 0. The summed E-state index contributed by atoms with van der Waals surface area (Å²) in [5.74, 6) is 0.342. The Bertz CT molecular complexity index is 871. The van der Waals surface area contributed by atoms with Crippen LogP contribution in [0.5, 0.6) is 17.2 Å². The van der Waals surface area contributed by atoms with Gasteiger partial charge in [0, 0.05) is 0 Å². The van der Waals surface area contributed by atoms with Crippen molar-refractivity contribution in [3.8, 4) is 17.2 Å². The van der Waals surface area contributed by atoms with Crippen molar-refractivity contribution < 1.29 is 22.6 Å². The molecule has 0 aliphatic rings. The molecule has 0 radical (unpaired) electrons. The molecule has 0 saturated heterocycles. The van der Waals surface area contributed by atoms with Crippen LogP contribution in [0.3, 0.4) is 0 Å². The summed E-state index contributed by atoms with van der Waals surface area (Å²) in [5.41, 5.74) is 0.341.